The van der Waals surface area contributed by atoms with Gasteiger partial charge in [0.1, 0.15) is 5.75 Å². The van der Waals surface area contributed by atoms with E-state index in [4.69, 9.17) is 9.84 Å². The van der Waals surface area contributed by atoms with Gasteiger partial charge < -0.3 is 20.1 Å². The Morgan fingerprint density at radius 2 is 2.09 bits per heavy atom. The molecule has 1 unspecified atom stereocenters. The topological polar surface area (TPSA) is 61.8 Å². The highest BCUT2D eigenvalue weighted by molar-refractivity contribution is 5.90. The van der Waals surface area contributed by atoms with Gasteiger partial charge in [0.2, 0.25) is 0 Å². The van der Waals surface area contributed by atoms with E-state index < -0.39 is 24.9 Å². The average Bonchev–Trinajstić information content (AvgIpc) is 2.40. The quantitative estimate of drug-likeness (QED) is 0.877. The fourth-order valence-electron chi connectivity index (χ4n) is 1.66. The molecule has 1 aromatic rings. The van der Waals surface area contributed by atoms with Crippen LogP contribution in [-0.2, 0) is 0 Å². The van der Waals surface area contributed by atoms with Gasteiger partial charge in [0, 0.05) is 7.05 Å². The van der Waals surface area contributed by atoms with Crippen LogP contribution in [0.15, 0.2) is 18.2 Å². The lowest BCUT2D eigenvalue weighted by molar-refractivity contribution is -0.205. The van der Waals surface area contributed by atoms with Crippen LogP contribution in [0.1, 0.15) is 12.5 Å². The first kappa shape index (κ1) is 18.1. The molecular weight excluding hydrogens is 301 g/mol. The van der Waals surface area contributed by atoms with Crippen molar-refractivity contribution in [1.29, 1.82) is 0 Å². The summed E-state index contributed by atoms with van der Waals surface area (Å²) in [6, 6.07) is 4.28. The van der Waals surface area contributed by atoms with E-state index >= 15 is 0 Å². The van der Waals surface area contributed by atoms with Crippen molar-refractivity contribution in [3.05, 3.63) is 23.8 Å². The number of aliphatic hydroxyl groups is 1. The van der Waals surface area contributed by atoms with Crippen LogP contribution in [0, 0.1) is 6.92 Å². The minimum Gasteiger partial charge on any atom is -0.492 e. The van der Waals surface area contributed by atoms with Crippen LogP contribution >= 0.6 is 0 Å². The second-order valence-electron chi connectivity index (χ2n) is 4.80. The number of ether oxygens (including phenoxy) is 1. The van der Waals surface area contributed by atoms with Crippen molar-refractivity contribution in [2.75, 3.05) is 25.5 Å². The number of aliphatic hydroxyl groups excluding tert-OH is 1. The summed E-state index contributed by atoms with van der Waals surface area (Å²) in [5, 5.41) is 11.4. The van der Waals surface area contributed by atoms with Gasteiger partial charge in [-0.25, -0.2) is 4.79 Å². The molecule has 8 heteroatoms. The molecule has 0 saturated heterocycles. The smallest absolute Gasteiger partial charge is 0.416 e. The Labute approximate surface area is 126 Å². The maximum Gasteiger partial charge on any atom is 0.416 e. The zero-order valence-electron chi connectivity index (χ0n) is 12.6. The Hall–Kier alpha value is -1.96. The summed E-state index contributed by atoms with van der Waals surface area (Å²) in [6.45, 7) is 3.15. The molecule has 1 rings (SSSR count). The minimum absolute atomic E-state index is 0.353. The lowest BCUT2D eigenvalue weighted by Gasteiger charge is -2.23. The molecule has 22 heavy (non-hydrogen) atoms. The van der Waals surface area contributed by atoms with E-state index in [9.17, 15) is 18.0 Å². The van der Waals surface area contributed by atoms with Crippen molar-refractivity contribution in [2.45, 2.75) is 26.1 Å². The molecule has 0 aliphatic carbocycles. The maximum atomic E-state index is 12.3. The molecule has 0 saturated carbocycles. The zero-order chi connectivity index (χ0) is 16.9. The predicted molar refractivity (Wildman–Crippen MR) is 76.1 cm³/mol. The van der Waals surface area contributed by atoms with Crippen LogP contribution in [0.5, 0.6) is 5.75 Å². The SMILES string of the molecule is CCOc1cc(C)ccc1NC(=O)N(C)CC(O)C(F)(F)F. The van der Waals surface area contributed by atoms with Crippen molar-refractivity contribution < 1.29 is 27.8 Å². The van der Waals surface area contributed by atoms with E-state index in [0.717, 1.165) is 10.5 Å². The zero-order valence-corrected chi connectivity index (χ0v) is 12.6. The number of hydrogen-bond acceptors (Lipinski definition) is 3. The van der Waals surface area contributed by atoms with Gasteiger partial charge >= 0.3 is 12.2 Å². The summed E-state index contributed by atoms with van der Waals surface area (Å²) < 4.78 is 42.2. The molecule has 0 aromatic heterocycles. The van der Waals surface area contributed by atoms with E-state index in [2.05, 4.69) is 5.32 Å². The van der Waals surface area contributed by atoms with E-state index in [1.54, 1.807) is 25.1 Å². The van der Waals surface area contributed by atoms with Crippen molar-refractivity contribution in [2.24, 2.45) is 0 Å². The van der Waals surface area contributed by atoms with Crippen LogP contribution in [0.3, 0.4) is 0 Å². The molecule has 0 fully saturated rings. The van der Waals surface area contributed by atoms with Crippen LogP contribution in [0.4, 0.5) is 23.7 Å². The molecule has 2 amide bonds. The first-order valence-electron chi connectivity index (χ1n) is 6.65. The predicted octanol–water partition coefficient (Wildman–Crippen LogP) is 2.78. The number of nitrogens with zero attached hydrogens (tertiary/aromatic N) is 1. The number of rotatable bonds is 5. The third kappa shape index (κ3) is 5.10. The number of urea groups is 1. The second-order valence-corrected chi connectivity index (χ2v) is 4.80. The number of halogens is 3. The third-order valence-corrected chi connectivity index (χ3v) is 2.85. The number of anilines is 1. The summed E-state index contributed by atoms with van der Waals surface area (Å²) in [5.74, 6) is 0.431. The normalized spacial score (nSPS) is 12.7. The van der Waals surface area contributed by atoms with Gasteiger partial charge in [0.25, 0.3) is 0 Å². The molecule has 1 atom stereocenters. The molecular formula is C14H19F3N2O3. The highest BCUT2D eigenvalue weighted by atomic mass is 19.4. The Bertz CT molecular complexity index is 521. The Balaban J connectivity index is 2.76. The number of carbonyl (C=O) groups is 1. The Morgan fingerprint density at radius 1 is 1.45 bits per heavy atom. The number of amides is 2. The number of hydrogen-bond donors (Lipinski definition) is 2. The number of aryl methyl sites for hydroxylation is 1. The largest absolute Gasteiger partial charge is 0.492 e. The average molecular weight is 320 g/mol. The molecule has 0 bridgehead atoms. The lowest BCUT2D eigenvalue weighted by Crippen LogP contribution is -2.43. The Morgan fingerprint density at radius 3 is 2.64 bits per heavy atom. The first-order valence-corrected chi connectivity index (χ1v) is 6.65. The van der Waals surface area contributed by atoms with Gasteiger partial charge in [-0.1, -0.05) is 6.07 Å². The number of benzene rings is 1. The monoisotopic (exact) mass is 320 g/mol. The summed E-state index contributed by atoms with van der Waals surface area (Å²) >= 11 is 0. The van der Waals surface area contributed by atoms with E-state index in [-0.39, 0.29) is 0 Å². The maximum absolute atomic E-state index is 12.3. The fraction of sp³-hybridized carbons (Fsp3) is 0.500. The van der Waals surface area contributed by atoms with Gasteiger partial charge in [0.05, 0.1) is 18.8 Å². The fourth-order valence-corrected chi connectivity index (χ4v) is 1.66. The van der Waals surface area contributed by atoms with Gasteiger partial charge in [-0.15, -0.1) is 0 Å². The summed E-state index contributed by atoms with van der Waals surface area (Å²) in [6.07, 6.45) is -7.36. The summed E-state index contributed by atoms with van der Waals surface area (Å²) in [4.78, 5) is 12.7. The minimum atomic E-state index is -4.77. The lowest BCUT2D eigenvalue weighted by atomic mass is 10.2. The van der Waals surface area contributed by atoms with E-state index in [0.29, 0.717) is 18.0 Å². The van der Waals surface area contributed by atoms with Gasteiger partial charge in [-0.2, -0.15) is 13.2 Å². The van der Waals surface area contributed by atoms with Gasteiger partial charge in [0.15, 0.2) is 6.10 Å². The molecule has 124 valence electrons. The molecule has 0 radical (unpaired) electrons. The summed E-state index contributed by atoms with van der Waals surface area (Å²) in [7, 11) is 1.17. The number of carbonyl (C=O) groups excluding carboxylic acids is 1. The number of alkyl halides is 3. The van der Waals surface area contributed by atoms with Crippen LogP contribution in [-0.4, -0.2) is 48.5 Å². The first-order chi connectivity index (χ1) is 10.1. The molecule has 0 aliphatic heterocycles. The highest BCUT2D eigenvalue weighted by Crippen LogP contribution is 2.26. The van der Waals surface area contributed by atoms with E-state index in [1.165, 1.54) is 7.05 Å². The molecule has 0 aliphatic rings. The molecule has 0 heterocycles. The van der Waals surface area contributed by atoms with Crippen molar-refractivity contribution in [1.82, 2.24) is 4.90 Å². The van der Waals surface area contributed by atoms with Crippen molar-refractivity contribution in [3.8, 4) is 5.75 Å². The van der Waals surface area contributed by atoms with Gasteiger partial charge in [-0.05, 0) is 31.5 Å². The summed E-state index contributed by atoms with van der Waals surface area (Å²) in [5.41, 5.74) is 1.27. The molecule has 1 aromatic carbocycles. The van der Waals surface area contributed by atoms with Crippen LogP contribution in [0.2, 0.25) is 0 Å². The number of likely N-dealkylation sites (N-methyl/N-ethyl adjacent to an activating group) is 1. The molecule has 0 spiro atoms. The second kappa shape index (κ2) is 7.35. The van der Waals surface area contributed by atoms with Crippen LogP contribution in [0.25, 0.3) is 0 Å². The van der Waals surface area contributed by atoms with Crippen molar-refractivity contribution in [3.63, 3.8) is 0 Å². The van der Waals surface area contributed by atoms with Gasteiger partial charge in [-0.3, -0.25) is 0 Å². The van der Waals surface area contributed by atoms with E-state index in [1.807, 2.05) is 6.92 Å². The molecule has 5 nitrogen and oxygen atoms in total. The Kier molecular flexibility index (Phi) is 6.04. The standard InChI is InChI=1S/C14H19F3N2O3/c1-4-22-11-7-9(2)5-6-10(11)18-13(21)19(3)8-12(20)14(15,16)17/h5-7,12,20H,4,8H2,1-3H3,(H,18,21). The number of nitrogens with one attached hydrogen (secondary N) is 1. The van der Waals surface area contributed by atoms with Crippen molar-refractivity contribution >= 4 is 11.7 Å². The van der Waals surface area contributed by atoms with Crippen LogP contribution < -0.4 is 10.1 Å². The third-order valence-electron chi connectivity index (χ3n) is 2.85. The molecule has 2 N–H and O–H groups in total. The highest BCUT2D eigenvalue weighted by Gasteiger charge is 2.39.